The van der Waals surface area contributed by atoms with Crippen molar-refractivity contribution in [3.63, 3.8) is 0 Å². The highest BCUT2D eigenvalue weighted by atomic mass is 16.3. The number of rotatable bonds is 2. The molecule has 1 heterocycles. The van der Waals surface area contributed by atoms with Crippen molar-refractivity contribution in [2.45, 2.75) is 19.3 Å². The van der Waals surface area contributed by atoms with E-state index in [-0.39, 0.29) is 5.41 Å². The molecule has 0 amide bonds. The van der Waals surface area contributed by atoms with Gasteiger partial charge in [-0.1, -0.05) is 74.5 Å². The van der Waals surface area contributed by atoms with E-state index in [2.05, 4.69) is 92.0 Å². The van der Waals surface area contributed by atoms with E-state index < -0.39 is 0 Å². The van der Waals surface area contributed by atoms with Gasteiger partial charge in [0.1, 0.15) is 11.2 Å². The molecule has 0 aliphatic heterocycles. The van der Waals surface area contributed by atoms with Gasteiger partial charge in [-0.3, -0.25) is 0 Å². The smallest absolute Gasteiger partial charge is 0.145 e. The number of hydrogen-bond donors (Lipinski definition) is 1. The van der Waals surface area contributed by atoms with Gasteiger partial charge in [0.15, 0.2) is 0 Å². The van der Waals surface area contributed by atoms with Crippen LogP contribution in [0.3, 0.4) is 0 Å². The maximum absolute atomic E-state index is 6.48. The Kier molecular flexibility index (Phi) is 3.25. The lowest BCUT2D eigenvalue weighted by Crippen LogP contribution is -2.15. The summed E-state index contributed by atoms with van der Waals surface area (Å²) in [5, 5.41) is 5.95. The lowest BCUT2D eigenvalue weighted by atomic mass is 9.82. The van der Waals surface area contributed by atoms with E-state index in [9.17, 15) is 0 Å². The van der Waals surface area contributed by atoms with Gasteiger partial charge in [-0.2, -0.15) is 0 Å². The van der Waals surface area contributed by atoms with Crippen LogP contribution in [0.2, 0.25) is 0 Å². The highest BCUT2D eigenvalue weighted by Gasteiger charge is 2.38. The number of fused-ring (bicyclic) bond motifs is 7. The van der Waals surface area contributed by atoms with Crippen molar-refractivity contribution in [2.75, 3.05) is 5.32 Å². The summed E-state index contributed by atoms with van der Waals surface area (Å²) in [7, 11) is 0. The summed E-state index contributed by atoms with van der Waals surface area (Å²) in [5.41, 5.74) is 9.17. The number of benzene rings is 4. The molecule has 0 unspecified atom stereocenters. The van der Waals surface area contributed by atoms with Gasteiger partial charge in [0, 0.05) is 22.1 Å². The molecular weight excluding hydrogens is 354 g/mol. The summed E-state index contributed by atoms with van der Waals surface area (Å²) in [6, 6.07) is 29.7. The fourth-order valence-corrected chi connectivity index (χ4v) is 4.83. The lowest BCUT2D eigenvalue weighted by Gasteiger charge is -2.22. The van der Waals surface area contributed by atoms with E-state index in [0.29, 0.717) is 0 Å². The first-order chi connectivity index (χ1) is 14.1. The van der Waals surface area contributed by atoms with E-state index in [0.717, 1.165) is 33.3 Å². The van der Waals surface area contributed by atoms with Crippen LogP contribution in [0.4, 0.5) is 11.4 Å². The third-order valence-electron chi connectivity index (χ3n) is 6.25. The first-order valence-corrected chi connectivity index (χ1v) is 10.1. The summed E-state index contributed by atoms with van der Waals surface area (Å²) in [4.78, 5) is 0. The molecule has 2 heteroatoms. The number of hydrogen-bond acceptors (Lipinski definition) is 2. The Balaban J connectivity index is 1.74. The van der Waals surface area contributed by atoms with Crippen LogP contribution in [0, 0.1) is 0 Å². The maximum Gasteiger partial charge on any atom is 0.145 e. The molecule has 1 aromatic heterocycles. The summed E-state index contributed by atoms with van der Waals surface area (Å²) in [5.74, 6) is 0. The van der Waals surface area contributed by atoms with E-state index in [1.807, 2.05) is 12.1 Å². The first kappa shape index (κ1) is 16.4. The van der Waals surface area contributed by atoms with Crippen LogP contribution in [-0.2, 0) is 5.41 Å². The van der Waals surface area contributed by atoms with Gasteiger partial charge in [0.05, 0.1) is 11.1 Å². The van der Waals surface area contributed by atoms with Crippen LogP contribution in [0.25, 0.3) is 33.1 Å². The zero-order valence-corrected chi connectivity index (χ0v) is 16.5. The van der Waals surface area contributed by atoms with Crippen molar-refractivity contribution in [3.8, 4) is 11.1 Å². The molecule has 0 radical (unpaired) electrons. The number of nitrogens with one attached hydrogen (secondary N) is 1. The van der Waals surface area contributed by atoms with Crippen LogP contribution >= 0.6 is 0 Å². The fourth-order valence-electron chi connectivity index (χ4n) is 4.83. The van der Waals surface area contributed by atoms with E-state index in [1.54, 1.807) is 0 Å². The van der Waals surface area contributed by atoms with E-state index in [4.69, 9.17) is 4.42 Å². The first-order valence-electron chi connectivity index (χ1n) is 10.1. The second-order valence-corrected chi connectivity index (χ2v) is 8.31. The highest BCUT2D eigenvalue weighted by molar-refractivity contribution is 6.17. The molecule has 4 aromatic carbocycles. The average molecular weight is 375 g/mol. The summed E-state index contributed by atoms with van der Waals surface area (Å²) in [6.07, 6.45) is 0. The minimum atomic E-state index is -0.0772. The minimum Gasteiger partial charge on any atom is -0.455 e. The highest BCUT2D eigenvalue weighted by Crippen LogP contribution is 2.54. The minimum absolute atomic E-state index is 0.0772. The maximum atomic E-state index is 6.48. The Hall–Kier alpha value is -3.52. The van der Waals surface area contributed by atoms with Crippen molar-refractivity contribution >= 4 is 33.3 Å². The molecular formula is C27H21NO. The Morgan fingerprint density at radius 1 is 0.759 bits per heavy atom. The predicted octanol–water partition coefficient (Wildman–Crippen LogP) is 7.64. The van der Waals surface area contributed by atoms with Crippen LogP contribution in [0.15, 0.2) is 89.3 Å². The van der Waals surface area contributed by atoms with Crippen LogP contribution in [0.5, 0.6) is 0 Å². The van der Waals surface area contributed by atoms with Gasteiger partial charge in [-0.25, -0.2) is 0 Å². The third-order valence-corrected chi connectivity index (χ3v) is 6.25. The fraction of sp³-hybridized carbons (Fsp3) is 0.111. The van der Waals surface area contributed by atoms with Gasteiger partial charge in [-0.15, -0.1) is 0 Å². The van der Waals surface area contributed by atoms with Crippen LogP contribution in [-0.4, -0.2) is 0 Å². The number of para-hydroxylation sites is 2. The lowest BCUT2D eigenvalue weighted by molar-refractivity contribution is 0.653. The van der Waals surface area contributed by atoms with Crippen LogP contribution < -0.4 is 5.32 Å². The van der Waals surface area contributed by atoms with Crippen molar-refractivity contribution in [1.29, 1.82) is 0 Å². The van der Waals surface area contributed by atoms with Crippen molar-refractivity contribution in [2.24, 2.45) is 0 Å². The molecule has 1 aliphatic rings. The topological polar surface area (TPSA) is 25.2 Å². The molecule has 1 aliphatic carbocycles. The largest absolute Gasteiger partial charge is 0.455 e. The second-order valence-electron chi connectivity index (χ2n) is 8.31. The molecule has 29 heavy (non-hydrogen) atoms. The zero-order valence-electron chi connectivity index (χ0n) is 16.5. The summed E-state index contributed by atoms with van der Waals surface area (Å²) in [6.45, 7) is 4.61. The molecule has 140 valence electrons. The zero-order chi connectivity index (χ0) is 19.6. The Bertz CT molecular complexity index is 1390. The molecule has 1 N–H and O–H groups in total. The quantitative estimate of drug-likeness (QED) is 0.343. The molecule has 2 nitrogen and oxygen atoms in total. The molecule has 0 saturated heterocycles. The van der Waals surface area contributed by atoms with Gasteiger partial charge in [-0.05, 0) is 41.0 Å². The molecule has 0 fully saturated rings. The number of furan rings is 1. The Morgan fingerprint density at radius 3 is 2.34 bits per heavy atom. The van der Waals surface area contributed by atoms with Crippen LogP contribution in [0.1, 0.15) is 25.0 Å². The molecule has 0 saturated carbocycles. The number of anilines is 2. The standard InChI is InChI=1S/C27H21NO/c1-27(2)20-14-8-6-12-18(20)24-21(27)16-22(28-17-10-4-3-5-11-17)25-19-13-7-9-15-23(19)29-26(24)25/h3-16,28H,1-2H3. The predicted molar refractivity (Wildman–Crippen MR) is 121 cm³/mol. The normalized spacial score (nSPS) is 14.1. The molecule has 0 atom stereocenters. The summed E-state index contributed by atoms with van der Waals surface area (Å²) >= 11 is 0. The Morgan fingerprint density at radius 2 is 1.48 bits per heavy atom. The van der Waals surface area contributed by atoms with Gasteiger partial charge in [0.2, 0.25) is 0 Å². The summed E-state index contributed by atoms with van der Waals surface area (Å²) < 4.78 is 6.48. The molecule has 5 aromatic rings. The van der Waals surface area contributed by atoms with E-state index in [1.165, 1.54) is 22.3 Å². The monoisotopic (exact) mass is 375 g/mol. The van der Waals surface area contributed by atoms with Crippen molar-refractivity contribution < 1.29 is 4.42 Å². The van der Waals surface area contributed by atoms with Crippen molar-refractivity contribution in [1.82, 2.24) is 0 Å². The average Bonchev–Trinajstić information content (AvgIpc) is 3.23. The second kappa shape index (κ2) is 5.74. The molecule has 0 bridgehead atoms. The van der Waals surface area contributed by atoms with Gasteiger partial charge in [0.25, 0.3) is 0 Å². The van der Waals surface area contributed by atoms with Gasteiger partial charge < -0.3 is 9.73 Å². The van der Waals surface area contributed by atoms with Gasteiger partial charge >= 0.3 is 0 Å². The molecule has 6 rings (SSSR count). The SMILES string of the molecule is CC1(C)c2ccccc2-c2c1cc(Nc1ccccc1)c1c2oc2ccccc21. The van der Waals surface area contributed by atoms with E-state index >= 15 is 0 Å². The molecule has 0 spiro atoms. The third kappa shape index (κ3) is 2.23. The Labute approximate surface area is 169 Å². The van der Waals surface area contributed by atoms with Crippen molar-refractivity contribution in [3.05, 3.63) is 96.1 Å².